The van der Waals surface area contributed by atoms with Crippen LogP contribution in [0.2, 0.25) is 0 Å². The van der Waals surface area contributed by atoms with Crippen LogP contribution in [0.25, 0.3) is 0 Å². The third-order valence-corrected chi connectivity index (χ3v) is 3.42. The zero-order valence-corrected chi connectivity index (χ0v) is 6.28. The van der Waals surface area contributed by atoms with Crippen molar-refractivity contribution in [3.05, 3.63) is 0 Å². The minimum absolute atomic E-state index is 0.0764. The molecule has 3 N–H and O–H groups in total. The Kier molecular flexibility index (Phi) is 1.52. The summed E-state index contributed by atoms with van der Waals surface area (Å²) in [6.45, 7) is 0. The lowest BCUT2D eigenvalue weighted by atomic mass is 9.94. The van der Waals surface area contributed by atoms with Gasteiger partial charge in [-0.3, -0.25) is 4.78 Å². The van der Waals surface area contributed by atoms with Crippen molar-refractivity contribution < 1.29 is 4.21 Å². The van der Waals surface area contributed by atoms with Gasteiger partial charge in [0.1, 0.15) is 0 Å². The summed E-state index contributed by atoms with van der Waals surface area (Å²) in [5, 5.41) is 0.0764. The van der Waals surface area contributed by atoms with E-state index in [1.807, 2.05) is 0 Å². The van der Waals surface area contributed by atoms with Crippen molar-refractivity contribution >= 4 is 9.73 Å². The summed E-state index contributed by atoms with van der Waals surface area (Å²) in [5.74, 6) is 0. The molecule has 0 aliphatic heterocycles. The van der Waals surface area contributed by atoms with Crippen LogP contribution < -0.4 is 5.73 Å². The summed E-state index contributed by atoms with van der Waals surface area (Å²) < 4.78 is 18.1. The van der Waals surface area contributed by atoms with Crippen LogP contribution in [0, 0.1) is 4.78 Å². The molecule has 4 heteroatoms. The number of rotatable bonds is 1. The standard InChI is InChI=1S/C5H12N2OS/c1-9(7,8)5-2-4(6)3-5/h4-5,7H,2-3,6H2,1H3. The third-order valence-electron chi connectivity index (χ3n) is 1.77. The molecule has 1 unspecified atom stereocenters. The van der Waals surface area contributed by atoms with Gasteiger partial charge in [-0.05, 0) is 12.8 Å². The lowest BCUT2D eigenvalue weighted by molar-refractivity contribution is 0.421. The van der Waals surface area contributed by atoms with E-state index < -0.39 is 9.73 Å². The van der Waals surface area contributed by atoms with Crippen LogP contribution in [0.1, 0.15) is 12.8 Å². The van der Waals surface area contributed by atoms with Crippen LogP contribution in [0.3, 0.4) is 0 Å². The second kappa shape index (κ2) is 1.95. The molecule has 0 amide bonds. The smallest absolute Gasteiger partial charge is 0.0455 e. The van der Waals surface area contributed by atoms with Gasteiger partial charge in [0.05, 0.1) is 0 Å². The van der Waals surface area contributed by atoms with E-state index in [1.54, 1.807) is 0 Å². The fraction of sp³-hybridized carbons (Fsp3) is 1.00. The highest BCUT2D eigenvalue weighted by molar-refractivity contribution is 7.92. The van der Waals surface area contributed by atoms with E-state index in [9.17, 15) is 4.21 Å². The Labute approximate surface area is 55.6 Å². The monoisotopic (exact) mass is 148 g/mol. The SMILES string of the molecule is CS(=N)(=O)C1CC(N)C1. The summed E-state index contributed by atoms with van der Waals surface area (Å²) in [6.07, 6.45) is 3.04. The van der Waals surface area contributed by atoms with Gasteiger partial charge < -0.3 is 5.73 Å². The van der Waals surface area contributed by atoms with Crippen LogP contribution in [0.15, 0.2) is 0 Å². The van der Waals surface area contributed by atoms with Crippen LogP contribution in [0.5, 0.6) is 0 Å². The van der Waals surface area contributed by atoms with E-state index in [-0.39, 0.29) is 11.3 Å². The summed E-state index contributed by atoms with van der Waals surface area (Å²) in [5.41, 5.74) is 5.46. The van der Waals surface area contributed by atoms with E-state index in [4.69, 9.17) is 10.5 Å². The Morgan fingerprint density at radius 2 is 2.11 bits per heavy atom. The molecule has 0 aromatic heterocycles. The fourth-order valence-electron chi connectivity index (χ4n) is 0.974. The molecule has 0 aromatic rings. The van der Waals surface area contributed by atoms with Gasteiger partial charge in [0, 0.05) is 27.3 Å². The molecule has 1 atom stereocenters. The maximum atomic E-state index is 10.9. The Balaban J connectivity index is 2.51. The van der Waals surface area contributed by atoms with Crippen molar-refractivity contribution in [1.82, 2.24) is 0 Å². The van der Waals surface area contributed by atoms with Gasteiger partial charge in [-0.15, -0.1) is 0 Å². The average molecular weight is 148 g/mol. The van der Waals surface area contributed by atoms with E-state index in [0.717, 1.165) is 12.8 Å². The molecule has 1 aliphatic carbocycles. The van der Waals surface area contributed by atoms with Crippen molar-refractivity contribution in [1.29, 1.82) is 4.78 Å². The average Bonchev–Trinajstić information content (AvgIpc) is 1.55. The molecular weight excluding hydrogens is 136 g/mol. The molecule has 3 nitrogen and oxygen atoms in total. The van der Waals surface area contributed by atoms with Gasteiger partial charge in [0.25, 0.3) is 0 Å². The first-order valence-corrected chi connectivity index (χ1v) is 5.01. The first-order valence-electron chi connectivity index (χ1n) is 2.98. The second-order valence-corrected chi connectivity index (χ2v) is 5.23. The van der Waals surface area contributed by atoms with Gasteiger partial charge >= 0.3 is 0 Å². The van der Waals surface area contributed by atoms with E-state index in [0.29, 0.717) is 0 Å². The molecule has 1 aliphatic rings. The highest BCUT2D eigenvalue weighted by Gasteiger charge is 2.31. The zero-order chi connectivity index (χ0) is 7.07. The minimum Gasteiger partial charge on any atom is -0.328 e. The van der Waals surface area contributed by atoms with E-state index in [2.05, 4.69) is 0 Å². The molecular formula is C5H12N2OS. The summed E-state index contributed by atoms with van der Waals surface area (Å²) >= 11 is 0. The third kappa shape index (κ3) is 1.43. The fourth-order valence-corrected chi connectivity index (χ4v) is 2.20. The van der Waals surface area contributed by atoms with Crippen molar-refractivity contribution in [2.75, 3.05) is 6.26 Å². The molecule has 0 aromatic carbocycles. The van der Waals surface area contributed by atoms with Gasteiger partial charge in [0.2, 0.25) is 0 Å². The number of hydrogen-bond donors (Lipinski definition) is 2. The van der Waals surface area contributed by atoms with Gasteiger partial charge in [0.15, 0.2) is 0 Å². The Morgan fingerprint density at radius 1 is 1.67 bits per heavy atom. The molecule has 54 valence electrons. The van der Waals surface area contributed by atoms with Crippen molar-refractivity contribution in [2.45, 2.75) is 24.1 Å². The lowest BCUT2D eigenvalue weighted by Crippen LogP contribution is -2.43. The highest BCUT2D eigenvalue weighted by atomic mass is 32.2. The van der Waals surface area contributed by atoms with Crippen LogP contribution >= 0.6 is 0 Å². The molecule has 0 bridgehead atoms. The quantitative estimate of drug-likeness (QED) is 0.556. The number of hydrogen-bond acceptors (Lipinski definition) is 3. The Morgan fingerprint density at radius 3 is 2.22 bits per heavy atom. The Hall–Kier alpha value is -0.0900. The molecule has 1 rings (SSSR count). The molecule has 0 radical (unpaired) electrons. The van der Waals surface area contributed by atoms with Crippen LogP contribution in [0.4, 0.5) is 0 Å². The summed E-state index contributed by atoms with van der Waals surface area (Å²) in [6, 6.07) is 0.209. The molecule has 1 saturated carbocycles. The zero-order valence-electron chi connectivity index (χ0n) is 5.46. The van der Waals surface area contributed by atoms with Crippen molar-refractivity contribution in [3.63, 3.8) is 0 Å². The van der Waals surface area contributed by atoms with Gasteiger partial charge in [-0.2, -0.15) is 0 Å². The van der Waals surface area contributed by atoms with E-state index in [1.165, 1.54) is 6.26 Å². The molecule has 9 heavy (non-hydrogen) atoms. The predicted octanol–water partition coefficient (Wildman–Crippen LogP) is 0.153. The second-order valence-electron chi connectivity index (χ2n) is 2.76. The van der Waals surface area contributed by atoms with Gasteiger partial charge in [-0.1, -0.05) is 0 Å². The van der Waals surface area contributed by atoms with Crippen LogP contribution in [-0.2, 0) is 9.73 Å². The highest BCUT2D eigenvalue weighted by Crippen LogP contribution is 2.24. The maximum Gasteiger partial charge on any atom is 0.0455 e. The van der Waals surface area contributed by atoms with Crippen molar-refractivity contribution in [3.8, 4) is 0 Å². The molecule has 1 fully saturated rings. The lowest BCUT2D eigenvalue weighted by Gasteiger charge is -2.32. The number of nitrogens with one attached hydrogen (secondary N) is 1. The first kappa shape index (κ1) is 7.02. The molecule has 0 saturated heterocycles. The number of nitrogens with two attached hydrogens (primary N) is 1. The summed E-state index contributed by atoms with van der Waals surface area (Å²) in [7, 11) is -2.28. The van der Waals surface area contributed by atoms with Gasteiger partial charge in [-0.25, -0.2) is 4.21 Å². The normalized spacial score (nSPS) is 41.1. The largest absolute Gasteiger partial charge is 0.328 e. The Bertz CT molecular complexity index is 191. The molecule has 0 heterocycles. The van der Waals surface area contributed by atoms with E-state index >= 15 is 0 Å². The first-order chi connectivity index (χ1) is 4.00. The molecule has 0 spiro atoms. The van der Waals surface area contributed by atoms with Crippen LogP contribution in [-0.4, -0.2) is 21.8 Å². The minimum atomic E-state index is -2.28. The topological polar surface area (TPSA) is 66.9 Å². The summed E-state index contributed by atoms with van der Waals surface area (Å²) in [4.78, 5) is 0. The predicted molar refractivity (Wildman–Crippen MR) is 37.8 cm³/mol. The van der Waals surface area contributed by atoms with Crippen molar-refractivity contribution in [2.24, 2.45) is 5.73 Å². The maximum absolute atomic E-state index is 10.9.